The van der Waals surface area contributed by atoms with Crippen molar-refractivity contribution in [2.24, 2.45) is 0 Å². The Bertz CT molecular complexity index is 564. The molecule has 1 N–H and O–H groups in total. The van der Waals surface area contributed by atoms with Crippen molar-refractivity contribution in [2.45, 2.75) is 25.6 Å². The van der Waals surface area contributed by atoms with Crippen LogP contribution in [0.2, 0.25) is 0 Å². The Hall–Kier alpha value is -2.05. The molecule has 1 atom stereocenters. The predicted octanol–water partition coefficient (Wildman–Crippen LogP) is 1.46. The zero-order valence-corrected chi connectivity index (χ0v) is 11.8. The second-order valence-corrected chi connectivity index (χ2v) is 4.87. The van der Waals surface area contributed by atoms with Crippen LogP contribution in [0.25, 0.3) is 11.8 Å². The Morgan fingerprint density at radius 3 is 2.80 bits per heavy atom. The Kier molecular flexibility index (Phi) is 4.26. The van der Waals surface area contributed by atoms with E-state index >= 15 is 0 Å². The lowest BCUT2D eigenvalue weighted by molar-refractivity contribution is -0.0539. The molecule has 0 radical (unpaired) electrons. The Morgan fingerprint density at radius 1 is 1.45 bits per heavy atom. The summed E-state index contributed by atoms with van der Waals surface area (Å²) >= 11 is 0. The van der Waals surface area contributed by atoms with Crippen LogP contribution >= 0.6 is 0 Å². The number of aliphatic hydroxyl groups excluding tert-OH is 1. The van der Waals surface area contributed by atoms with Gasteiger partial charge < -0.3 is 9.84 Å². The molecule has 1 unspecified atom stereocenters. The fraction of sp³-hybridized carbons (Fsp3) is 0.357. The number of pyridine rings is 1. The maximum Gasteiger partial charge on any atom is 0.138 e. The summed E-state index contributed by atoms with van der Waals surface area (Å²) in [5.74, 6) is 0. The van der Waals surface area contributed by atoms with Gasteiger partial charge in [0.05, 0.1) is 17.0 Å². The standard InChI is InChI=1S/C14H18N4O2/c1-14(2,20-3)13(19)12(18-10-15-9-17-18)8-11-6-4-5-7-16-11/h4-10,13,19H,1-3H3. The summed E-state index contributed by atoms with van der Waals surface area (Å²) in [6.45, 7) is 3.61. The predicted molar refractivity (Wildman–Crippen MR) is 75.5 cm³/mol. The van der Waals surface area contributed by atoms with E-state index in [2.05, 4.69) is 15.1 Å². The number of nitrogens with zero attached hydrogens (tertiary/aromatic N) is 4. The summed E-state index contributed by atoms with van der Waals surface area (Å²) in [6, 6.07) is 5.57. The minimum absolute atomic E-state index is 0.549. The molecule has 0 aliphatic heterocycles. The monoisotopic (exact) mass is 274 g/mol. The van der Waals surface area contributed by atoms with Crippen molar-refractivity contribution in [3.63, 3.8) is 0 Å². The molecule has 0 aliphatic carbocycles. The van der Waals surface area contributed by atoms with Crippen LogP contribution in [-0.4, -0.2) is 43.7 Å². The van der Waals surface area contributed by atoms with Gasteiger partial charge in [0, 0.05) is 13.3 Å². The highest BCUT2D eigenvalue weighted by Crippen LogP contribution is 2.24. The van der Waals surface area contributed by atoms with Crippen LogP contribution in [0.4, 0.5) is 0 Å². The van der Waals surface area contributed by atoms with Gasteiger partial charge in [-0.3, -0.25) is 4.98 Å². The van der Waals surface area contributed by atoms with Crippen molar-refractivity contribution in [2.75, 3.05) is 7.11 Å². The molecule has 0 amide bonds. The van der Waals surface area contributed by atoms with Crippen molar-refractivity contribution in [3.05, 3.63) is 42.7 Å². The average Bonchev–Trinajstić information content (AvgIpc) is 2.99. The molecular formula is C14H18N4O2. The third-order valence-corrected chi connectivity index (χ3v) is 3.13. The molecule has 20 heavy (non-hydrogen) atoms. The number of ether oxygens (including phenoxy) is 1. The Morgan fingerprint density at radius 2 is 2.25 bits per heavy atom. The van der Waals surface area contributed by atoms with E-state index in [1.54, 1.807) is 33.2 Å². The van der Waals surface area contributed by atoms with Gasteiger partial charge in [0.15, 0.2) is 0 Å². The molecule has 2 rings (SSSR count). The van der Waals surface area contributed by atoms with Crippen LogP contribution in [-0.2, 0) is 4.74 Å². The van der Waals surface area contributed by atoms with E-state index in [0.29, 0.717) is 5.70 Å². The van der Waals surface area contributed by atoms with Crippen molar-refractivity contribution in [1.82, 2.24) is 19.7 Å². The number of hydrogen-bond donors (Lipinski definition) is 1. The normalized spacial score (nSPS) is 14.3. The van der Waals surface area contributed by atoms with Gasteiger partial charge in [-0.15, -0.1) is 0 Å². The minimum atomic E-state index is -0.879. The van der Waals surface area contributed by atoms with Crippen molar-refractivity contribution in [3.8, 4) is 0 Å². The molecule has 0 saturated carbocycles. The number of aliphatic hydroxyl groups is 1. The summed E-state index contributed by atoms with van der Waals surface area (Å²) < 4.78 is 6.86. The van der Waals surface area contributed by atoms with Gasteiger partial charge in [0.1, 0.15) is 18.8 Å². The molecule has 0 saturated heterocycles. The number of rotatable bonds is 5. The first-order valence-electron chi connectivity index (χ1n) is 6.25. The van der Waals surface area contributed by atoms with Gasteiger partial charge in [0.2, 0.25) is 0 Å². The summed E-state index contributed by atoms with van der Waals surface area (Å²) in [4.78, 5) is 8.14. The average molecular weight is 274 g/mol. The number of methoxy groups -OCH3 is 1. The Labute approximate surface area is 117 Å². The highest BCUT2D eigenvalue weighted by Gasteiger charge is 2.32. The summed E-state index contributed by atoms with van der Waals surface area (Å²) in [5, 5.41) is 14.6. The van der Waals surface area contributed by atoms with E-state index in [9.17, 15) is 5.11 Å². The topological polar surface area (TPSA) is 73.1 Å². The summed E-state index contributed by atoms with van der Waals surface area (Å²) in [5.41, 5.74) is 0.518. The molecule has 2 heterocycles. The van der Waals surface area contributed by atoms with Crippen LogP contribution in [0.1, 0.15) is 19.5 Å². The first-order valence-corrected chi connectivity index (χ1v) is 6.25. The molecule has 2 aromatic heterocycles. The van der Waals surface area contributed by atoms with Crippen LogP contribution in [0, 0.1) is 0 Å². The van der Waals surface area contributed by atoms with Gasteiger partial charge in [-0.05, 0) is 32.1 Å². The van der Waals surface area contributed by atoms with E-state index in [0.717, 1.165) is 5.69 Å². The van der Waals surface area contributed by atoms with E-state index in [4.69, 9.17) is 4.74 Å². The highest BCUT2D eigenvalue weighted by atomic mass is 16.5. The molecule has 0 bridgehead atoms. The van der Waals surface area contributed by atoms with Gasteiger partial charge in [-0.25, -0.2) is 9.67 Å². The van der Waals surface area contributed by atoms with E-state index in [-0.39, 0.29) is 0 Å². The molecule has 0 spiro atoms. The number of aromatic nitrogens is 4. The van der Waals surface area contributed by atoms with Crippen molar-refractivity contribution >= 4 is 11.8 Å². The van der Waals surface area contributed by atoms with Gasteiger partial charge >= 0.3 is 0 Å². The van der Waals surface area contributed by atoms with Gasteiger partial charge in [-0.2, -0.15) is 5.10 Å². The zero-order chi connectivity index (χ0) is 14.6. The summed E-state index contributed by atoms with van der Waals surface area (Å²) in [6.07, 6.45) is 5.53. The maximum atomic E-state index is 10.6. The molecule has 0 fully saturated rings. The first-order chi connectivity index (χ1) is 9.54. The first kappa shape index (κ1) is 14.4. The molecule has 6 heteroatoms. The second-order valence-electron chi connectivity index (χ2n) is 4.87. The maximum absolute atomic E-state index is 10.6. The largest absolute Gasteiger partial charge is 0.384 e. The molecule has 6 nitrogen and oxygen atoms in total. The van der Waals surface area contributed by atoms with Crippen LogP contribution < -0.4 is 0 Å². The van der Waals surface area contributed by atoms with Crippen LogP contribution in [0.5, 0.6) is 0 Å². The van der Waals surface area contributed by atoms with Gasteiger partial charge in [-0.1, -0.05) is 6.07 Å². The molecular weight excluding hydrogens is 256 g/mol. The van der Waals surface area contributed by atoms with Gasteiger partial charge in [0.25, 0.3) is 0 Å². The van der Waals surface area contributed by atoms with Crippen molar-refractivity contribution in [1.29, 1.82) is 0 Å². The molecule has 106 valence electrons. The lowest BCUT2D eigenvalue weighted by atomic mass is 9.98. The third-order valence-electron chi connectivity index (χ3n) is 3.13. The second kappa shape index (κ2) is 5.94. The number of hydrogen-bond acceptors (Lipinski definition) is 5. The summed E-state index contributed by atoms with van der Waals surface area (Å²) in [7, 11) is 1.56. The highest BCUT2D eigenvalue weighted by molar-refractivity contribution is 5.71. The molecule has 0 aliphatic rings. The smallest absolute Gasteiger partial charge is 0.138 e. The SMILES string of the molecule is COC(C)(C)C(O)C(=Cc1ccccn1)n1cncn1. The van der Waals surface area contributed by atoms with E-state index in [1.807, 2.05) is 18.2 Å². The fourth-order valence-corrected chi connectivity index (χ4v) is 1.69. The zero-order valence-electron chi connectivity index (χ0n) is 11.8. The van der Waals surface area contributed by atoms with E-state index < -0.39 is 11.7 Å². The minimum Gasteiger partial charge on any atom is -0.384 e. The lowest BCUT2D eigenvalue weighted by Gasteiger charge is -2.30. The molecule has 0 aromatic carbocycles. The quantitative estimate of drug-likeness (QED) is 0.893. The van der Waals surface area contributed by atoms with Crippen LogP contribution in [0.3, 0.4) is 0 Å². The van der Waals surface area contributed by atoms with Crippen LogP contribution in [0.15, 0.2) is 37.1 Å². The lowest BCUT2D eigenvalue weighted by Crippen LogP contribution is -2.40. The third kappa shape index (κ3) is 3.09. The Balaban J connectivity index is 2.44. The van der Waals surface area contributed by atoms with E-state index in [1.165, 1.54) is 17.3 Å². The van der Waals surface area contributed by atoms with Crippen molar-refractivity contribution < 1.29 is 9.84 Å². The molecule has 2 aromatic rings. The fourth-order valence-electron chi connectivity index (χ4n) is 1.69.